The first-order chi connectivity index (χ1) is 76.1. The van der Waals surface area contributed by atoms with E-state index in [-0.39, 0.29) is 55.0 Å². The monoisotopic (exact) mass is 1790 g/mol. The first-order valence-corrected chi connectivity index (χ1v) is 47.4. The fraction of sp³-hybridized carbons (Fsp3) is 0.0149. The maximum Gasteiger partial charge on any atom is 0.252 e. The SMILES string of the molecule is [2H]c1c([2H])c([2H])c2c(c1[2H])c1c([2H])c([2H])c([2H])c([2H])c1n2-c1ccc2c(c1)N(c1c(-c3ccccc3)cccc1-c1ccccc1)c1cc(-c3ccc4c(c3)c3ccccc3n4-c3ccccc3)cc3c1B2c1ccc(-n2c4c([2H])c([2H])c([2H])c([2H])c4c4c([2H])c([2H])c([2H])c([2H])c42)cc1N3c1c(-c2ccc3c(c2)-c2ccccc2C3(c2ccccc2)c2ccccc2)cccc1-c1ccc2c(c1)-c1ccccc1C2(c1ccccc1)c1ccccc1. The quantitative estimate of drug-likeness (QED) is 0.101. The lowest BCUT2D eigenvalue weighted by atomic mass is 9.33. The Labute approximate surface area is 834 Å². The van der Waals surface area contributed by atoms with E-state index in [1.807, 2.05) is 84.9 Å². The lowest BCUT2D eigenvalue weighted by Crippen LogP contribution is -2.61. The smallest absolute Gasteiger partial charge is 0.252 e. The number of para-hydroxylation sites is 8. The molecule has 29 rings (SSSR count). The van der Waals surface area contributed by atoms with Gasteiger partial charge in [0.2, 0.25) is 0 Å². The third-order valence-electron chi connectivity index (χ3n) is 29.9. The predicted molar refractivity (Wildman–Crippen MR) is 585 cm³/mol. The van der Waals surface area contributed by atoms with Gasteiger partial charge in [-0.25, -0.2) is 0 Å². The molecule has 5 nitrogen and oxygen atoms in total. The summed E-state index contributed by atoms with van der Waals surface area (Å²) in [5.41, 5.74) is 28.3. The molecule has 5 heterocycles. The zero-order chi connectivity index (χ0) is 106. The number of hydrogen-bond donors (Lipinski definition) is 0. The Balaban J connectivity index is 0.816. The molecule has 25 aromatic rings. The molecule has 4 aliphatic rings. The number of rotatable bonds is 14. The van der Waals surface area contributed by atoms with E-state index >= 15 is 0 Å². The summed E-state index contributed by atoms with van der Waals surface area (Å²) in [6, 6.07) is 141. The Hall–Kier alpha value is -18.1. The van der Waals surface area contributed by atoms with E-state index in [9.17, 15) is 21.9 Å². The Morgan fingerprint density at radius 2 is 0.529 bits per heavy atom. The fourth-order valence-electron chi connectivity index (χ4n) is 24.2. The highest BCUT2D eigenvalue weighted by Crippen LogP contribution is 2.62. The van der Waals surface area contributed by atoms with Crippen LogP contribution in [-0.2, 0) is 10.8 Å². The third-order valence-corrected chi connectivity index (χ3v) is 29.9. The first kappa shape index (κ1) is 64.7. The zero-order valence-electron chi connectivity index (χ0n) is 91.2. The van der Waals surface area contributed by atoms with Crippen LogP contribution in [0.15, 0.2) is 521 Å². The third kappa shape index (κ3) is 11.5. The summed E-state index contributed by atoms with van der Waals surface area (Å²) in [5, 5.41) is 1.55. The molecule has 0 bridgehead atoms. The van der Waals surface area contributed by atoms with Crippen molar-refractivity contribution in [1.29, 1.82) is 0 Å². The van der Waals surface area contributed by atoms with Gasteiger partial charge in [0.15, 0.2) is 0 Å². The minimum atomic E-state index is -0.905. The number of benzene rings is 22. The van der Waals surface area contributed by atoms with Gasteiger partial charge in [-0.15, -0.1) is 0 Å². The van der Waals surface area contributed by atoms with E-state index in [0.29, 0.717) is 45.0 Å². The van der Waals surface area contributed by atoms with E-state index in [0.717, 1.165) is 155 Å². The fourth-order valence-corrected chi connectivity index (χ4v) is 24.2. The Morgan fingerprint density at radius 1 is 0.193 bits per heavy atom. The molecular formula is C134H86BN5. The summed E-state index contributed by atoms with van der Waals surface area (Å²) in [5.74, 6) is 0. The van der Waals surface area contributed by atoms with Crippen LogP contribution in [0, 0.1) is 0 Å². The summed E-state index contributed by atoms with van der Waals surface area (Å²) in [7, 11) is 0. The minimum absolute atomic E-state index is 0.0759. The van der Waals surface area contributed by atoms with E-state index in [1.165, 1.54) is 0 Å². The van der Waals surface area contributed by atoms with Crippen LogP contribution < -0.4 is 26.2 Å². The van der Waals surface area contributed by atoms with Gasteiger partial charge in [-0.3, -0.25) is 0 Å². The molecule has 2 aliphatic carbocycles. The van der Waals surface area contributed by atoms with Gasteiger partial charge in [0.1, 0.15) is 0 Å². The molecule has 6 heteroatoms. The standard InChI is InChI=1S/C134H86BN5/c1-8-38-87(39-9-1)100-59-36-60-101(88-40-10-2-11-41-88)131(100)139-126-85-98(137-120-65-31-24-54-106(120)107-55-25-32-66-121(107)137)73-77-118(126)135-119-78-74-99(138-122-67-33-26-56-108(122)109-57-27-34-68-123(109)138)86-127(119)140(129-84-92(83-128(139)130(129)135)89-72-79-125-113(80-89)110-58-28-35-69-124(110)136(125)97-50-20-7-21-51-97)132-102(90-70-75-116-111(81-90)104-52-22-29-63-114(104)133(116,93-42-12-3-13-43-93)94-44-14-4-15-45-94)61-37-62-103(132)91-71-76-117-112(82-91)105-53-23-30-64-115(105)134(117,95-46-16-5-17-47-95)96-48-18-6-19-49-96/h1-86H/i24D,25D,26D,27D,31D,32D,33D,34D,54D,55D,56D,57D,65D,66D,67D,68D. The molecule has 0 saturated carbocycles. The average molecular weight is 1790 g/mol. The van der Waals surface area contributed by atoms with Crippen LogP contribution >= 0.6 is 0 Å². The topological polar surface area (TPSA) is 21.3 Å². The van der Waals surface area contributed by atoms with Gasteiger partial charge in [0.25, 0.3) is 6.71 Å². The lowest BCUT2D eigenvalue weighted by molar-refractivity contribution is 0.768. The van der Waals surface area contributed by atoms with Crippen molar-refractivity contribution in [2.45, 2.75) is 10.8 Å². The van der Waals surface area contributed by atoms with E-state index in [1.54, 1.807) is 9.13 Å². The maximum atomic E-state index is 10.3. The minimum Gasteiger partial charge on any atom is -0.310 e. The van der Waals surface area contributed by atoms with Gasteiger partial charge in [0, 0.05) is 94.4 Å². The van der Waals surface area contributed by atoms with E-state index in [4.69, 9.17) is 0 Å². The normalized spacial score (nSPS) is 15.0. The molecule has 2 aliphatic heterocycles. The molecule has 0 spiro atoms. The van der Waals surface area contributed by atoms with Crippen molar-refractivity contribution in [3.05, 3.63) is 566 Å². The second kappa shape index (κ2) is 31.2. The van der Waals surface area contributed by atoms with Crippen LogP contribution in [0.1, 0.15) is 66.4 Å². The van der Waals surface area contributed by atoms with Crippen molar-refractivity contribution in [2.24, 2.45) is 0 Å². The molecule has 0 atom stereocenters. The summed E-state index contributed by atoms with van der Waals surface area (Å²) in [6.45, 7) is -0.905. The largest absolute Gasteiger partial charge is 0.310 e. The van der Waals surface area contributed by atoms with Crippen LogP contribution in [0.3, 0.4) is 0 Å². The van der Waals surface area contributed by atoms with E-state index < -0.39 is 114 Å². The summed E-state index contributed by atoms with van der Waals surface area (Å²) in [6.07, 6.45) is 0. The number of hydrogen-bond acceptors (Lipinski definition) is 2. The van der Waals surface area contributed by atoms with Crippen LogP contribution in [0.5, 0.6) is 0 Å². The van der Waals surface area contributed by atoms with Gasteiger partial charge in [0.05, 0.1) is 77.2 Å². The van der Waals surface area contributed by atoms with Crippen LogP contribution in [0.2, 0.25) is 0 Å². The highest BCUT2D eigenvalue weighted by molar-refractivity contribution is 7.00. The second-order valence-electron chi connectivity index (χ2n) is 36.7. The Kier molecular flexibility index (Phi) is 14.4. The van der Waals surface area contributed by atoms with E-state index in [2.05, 4.69) is 354 Å². The molecule has 140 heavy (non-hydrogen) atoms. The van der Waals surface area contributed by atoms with Crippen LogP contribution in [-0.4, -0.2) is 20.4 Å². The molecule has 0 fully saturated rings. The molecule has 650 valence electrons. The number of anilines is 6. The van der Waals surface area contributed by atoms with Gasteiger partial charge < -0.3 is 23.5 Å². The predicted octanol–water partition coefficient (Wildman–Crippen LogP) is 32.1. The van der Waals surface area contributed by atoms with Crippen LogP contribution in [0.25, 0.3) is 160 Å². The number of fused-ring (bicyclic) bond motifs is 19. The Bertz CT molecular complexity index is 9960. The summed E-state index contributed by atoms with van der Waals surface area (Å²) in [4.78, 5) is 4.74. The summed E-state index contributed by atoms with van der Waals surface area (Å²) >= 11 is 0. The highest BCUT2D eigenvalue weighted by Gasteiger charge is 2.51. The molecule has 0 radical (unpaired) electrons. The number of nitrogens with zero attached hydrogens (tertiary/aromatic N) is 5. The van der Waals surface area contributed by atoms with Crippen molar-refractivity contribution < 1.29 is 21.9 Å². The summed E-state index contributed by atoms with van der Waals surface area (Å²) < 4.78 is 162. The molecule has 0 unspecified atom stereocenters. The molecule has 22 aromatic carbocycles. The number of aromatic nitrogens is 3. The van der Waals surface area contributed by atoms with Crippen molar-refractivity contribution >= 4 is 123 Å². The van der Waals surface area contributed by atoms with Gasteiger partial charge in [-0.1, -0.05) is 418 Å². The maximum absolute atomic E-state index is 10.3. The highest BCUT2D eigenvalue weighted by atomic mass is 15.2. The lowest BCUT2D eigenvalue weighted by Gasteiger charge is -2.46. The van der Waals surface area contributed by atoms with Gasteiger partial charge in [-0.05, 0) is 220 Å². The van der Waals surface area contributed by atoms with Crippen molar-refractivity contribution in [1.82, 2.24) is 13.7 Å². The average Bonchev–Trinajstić information content (AvgIpc) is 0.956. The second-order valence-corrected chi connectivity index (χ2v) is 36.7. The molecule has 0 saturated heterocycles. The molecular weight excluding hydrogens is 1690 g/mol. The van der Waals surface area contributed by atoms with Crippen LogP contribution in [0.4, 0.5) is 34.1 Å². The van der Waals surface area contributed by atoms with Crippen molar-refractivity contribution in [2.75, 3.05) is 9.80 Å². The van der Waals surface area contributed by atoms with Gasteiger partial charge >= 0.3 is 0 Å². The molecule has 0 amide bonds. The van der Waals surface area contributed by atoms with Gasteiger partial charge in [-0.2, -0.15) is 0 Å². The molecule has 0 N–H and O–H groups in total. The van der Waals surface area contributed by atoms with Crippen molar-refractivity contribution in [3.63, 3.8) is 0 Å². The first-order valence-electron chi connectivity index (χ1n) is 55.4. The Morgan fingerprint density at radius 3 is 0.957 bits per heavy atom. The molecule has 3 aromatic heterocycles. The zero-order valence-corrected chi connectivity index (χ0v) is 75.2. The van der Waals surface area contributed by atoms with Crippen molar-refractivity contribution in [3.8, 4) is 95.0 Å².